The number of carboxylic acid groups (broad SMARTS) is 1. The first kappa shape index (κ1) is 19.5. The summed E-state index contributed by atoms with van der Waals surface area (Å²) in [5, 5.41) is 13.6. The van der Waals surface area contributed by atoms with Crippen molar-refractivity contribution < 1.29 is 24.2 Å². The summed E-state index contributed by atoms with van der Waals surface area (Å²) in [4.78, 5) is 23.7. The van der Waals surface area contributed by atoms with Crippen molar-refractivity contribution in [3.63, 3.8) is 0 Å². The lowest BCUT2D eigenvalue weighted by Crippen LogP contribution is -2.53. The molecule has 0 atom stereocenters. The number of rotatable bonds is 10. The topological polar surface area (TPSA) is 78.9 Å². The number of ether oxygens (including phenoxy) is 2. The van der Waals surface area contributed by atoms with E-state index in [0.717, 1.165) is 25.5 Å². The highest BCUT2D eigenvalue weighted by Gasteiger charge is 2.28. The molecule has 0 amide bonds. The van der Waals surface area contributed by atoms with Crippen molar-refractivity contribution in [2.24, 2.45) is 0 Å². The molecule has 0 aliphatic carbocycles. The average Bonchev–Trinajstić information content (AvgIpc) is 3.08. The Morgan fingerprint density at radius 2 is 2.07 bits per heavy atom. The first-order chi connectivity index (χ1) is 13.1. The standard InChI is InChI=1S/C20H23NO5S/c22-19(23)4-5-20(24)26-17-13-21(14-17)8-1-9-25-10-6-15-2-3-18-16(12-15)7-11-27-18/h2-5,7,11-12,17H,1,6,8-10,13-14H2,(H,22,23)/p-1/b5-4-. The minimum absolute atomic E-state index is 0.170. The van der Waals surface area contributed by atoms with E-state index in [4.69, 9.17) is 9.47 Å². The molecule has 2 aromatic rings. The highest BCUT2D eigenvalue weighted by molar-refractivity contribution is 7.17. The van der Waals surface area contributed by atoms with E-state index in [0.29, 0.717) is 32.4 Å². The predicted molar refractivity (Wildman–Crippen MR) is 101 cm³/mol. The van der Waals surface area contributed by atoms with Gasteiger partial charge in [0.25, 0.3) is 0 Å². The minimum atomic E-state index is -1.41. The third-order valence-electron chi connectivity index (χ3n) is 4.38. The van der Waals surface area contributed by atoms with Gasteiger partial charge in [-0.2, -0.15) is 0 Å². The Bertz CT molecular complexity index is 810. The number of nitrogens with zero attached hydrogens (tertiary/aromatic N) is 1. The lowest BCUT2D eigenvalue weighted by Gasteiger charge is -2.38. The predicted octanol–water partition coefficient (Wildman–Crippen LogP) is 1.38. The van der Waals surface area contributed by atoms with Crippen molar-refractivity contribution in [2.75, 3.05) is 32.8 Å². The van der Waals surface area contributed by atoms with E-state index in [1.165, 1.54) is 15.6 Å². The summed E-state index contributed by atoms with van der Waals surface area (Å²) in [5.74, 6) is -2.05. The number of benzene rings is 1. The first-order valence-electron chi connectivity index (χ1n) is 8.96. The molecule has 0 saturated carbocycles. The Labute approximate surface area is 162 Å². The van der Waals surface area contributed by atoms with Crippen LogP contribution in [0.2, 0.25) is 0 Å². The summed E-state index contributed by atoms with van der Waals surface area (Å²) in [6.07, 6.45) is 3.22. The van der Waals surface area contributed by atoms with Gasteiger partial charge in [0.1, 0.15) is 6.10 Å². The molecule has 0 radical (unpaired) electrons. The van der Waals surface area contributed by atoms with Gasteiger partial charge in [0, 0.05) is 37.0 Å². The van der Waals surface area contributed by atoms with Gasteiger partial charge in [-0.1, -0.05) is 12.1 Å². The van der Waals surface area contributed by atoms with Gasteiger partial charge in [0.05, 0.1) is 12.6 Å². The Balaban J connectivity index is 1.21. The van der Waals surface area contributed by atoms with Crippen LogP contribution < -0.4 is 5.11 Å². The van der Waals surface area contributed by atoms with Gasteiger partial charge >= 0.3 is 5.97 Å². The van der Waals surface area contributed by atoms with E-state index in [-0.39, 0.29) is 6.10 Å². The molecule has 27 heavy (non-hydrogen) atoms. The zero-order valence-electron chi connectivity index (χ0n) is 15.0. The first-order valence-corrected chi connectivity index (χ1v) is 9.84. The SMILES string of the molecule is O=C([O-])/C=C\C(=O)OC1CN(CCCOCCc2ccc3sccc3c2)C1. The van der Waals surface area contributed by atoms with E-state index in [1.807, 2.05) is 0 Å². The van der Waals surface area contributed by atoms with Crippen LogP contribution in [0.25, 0.3) is 10.1 Å². The number of likely N-dealkylation sites (tertiary alicyclic amines) is 1. The van der Waals surface area contributed by atoms with Gasteiger partial charge in [0.15, 0.2) is 0 Å². The number of hydrogen-bond acceptors (Lipinski definition) is 7. The molecule has 2 heterocycles. The maximum atomic E-state index is 11.3. The molecule has 1 aliphatic rings. The Hall–Kier alpha value is -2.22. The molecule has 1 aromatic carbocycles. The average molecular weight is 388 g/mol. The Kier molecular flexibility index (Phi) is 6.98. The molecular formula is C20H22NO5S-. The summed E-state index contributed by atoms with van der Waals surface area (Å²) >= 11 is 1.76. The van der Waals surface area contributed by atoms with Crippen molar-refractivity contribution in [3.8, 4) is 0 Å². The van der Waals surface area contributed by atoms with Crippen molar-refractivity contribution in [3.05, 3.63) is 47.4 Å². The second-order valence-electron chi connectivity index (χ2n) is 6.48. The lowest BCUT2D eigenvalue weighted by molar-refractivity contribution is -0.297. The van der Waals surface area contributed by atoms with Crippen LogP contribution in [0.5, 0.6) is 0 Å². The largest absolute Gasteiger partial charge is 0.545 e. The summed E-state index contributed by atoms with van der Waals surface area (Å²) < 4.78 is 12.1. The normalized spacial score (nSPS) is 15.3. The fourth-order valence-corrected chi connectivity index (χ4v) is 3.74. The molecule has 1 fully saturated rings. The molecule has 144 valence electrons. The lowest BCUT2D eigenvalue weighted by atomic mass is 10.1. The number of carboxylic acids is 1. The van der Waals surface area contributed by atoms with Crippen LogP contribution >= 0.6 is 11.3 Å². The van der Waals surface area contributed by atoms with Crippen LogP contribution in [0, 0.1) is 0 Å². The van der Waals surface area contributed by atoms with Crippen molar-refractivity contribution in [1.82, 2.24) is 4.90 Å². The maximum Gasteiger partial charge on any atom is 0.331 e. The molecule has 0 unspecified atom stereocenters. The maximum absolute atomic E-state index is 11.3. The molecule has 7 heteroatoms. The monoisotopic (exact) mass is 388 g/mol. The number of hydrogen-bond donors (Lipinski definition) is 0. The van der Waals surface area contributed by atoms with Crippen molar-refractivity contribution in [1.29, 1.82) is 0 Å². The van der Waals surface area contributed by atoms with Gasteiger partial charge in [-0.3, -0.25) is 4.90 Å². The van der Waals surface area contributed by atoms with E-state index in [2.05, 4.69) is 34.5 Å². The second-order valence-corrected chi connectivity index (χ2v) is 7.43. The molecule has 3 rings (SSSR count). The fourth-order valence-electron chi connectivity index (χ4n) is 2.97. The molecule has 6 nitrogen and oxygen atoms in total. The summed E-state index contributed by atoms with van der Waals surface area (Å²) in [5.41, 5.74) is 1.29. The van der Waals surface area contributed by atoms with Gasteiger partial charge < -0.3 is 19.4 Å². The summed E-state index contributed by atoms with van der Waals surface area (Å²) in [6, 6.07) is 8.68. The number of fused-ring (bicyclic) bond motifs is 1. The minimum Gasteiger partial charge on any atom is -0.545 e. The van der Waals surface area contributed by atoms with E-state index < -0.39 is 11.9 Å². The highest BCUT2D eigenvalue weighted by Crippen LogP contribution is 2.22. The van der Waals surface area contributed by atoms with Crippen LogP contribution in [0.15, 0.2) is 41.8 Å². The number of carbonyl (C=O) groups excluding carboxylic acids is 2. The quantitative estimate of drug-likeness (QED) is 0.348. The van der Waals surface area contributed by atoms with Crippen molar-refractivity contribution in [2.45, 2.75) is 18.9 Å². The fraction of sp³-hybridized carbons (Fsp3) is 0.400. The van der Waals surface area contributed by atoms with Gasteiger partial charge in [-0.15, -0.1) is 11.3 Å². The van der Waals surface area contributed by atoms with Gasteiger partial charge in [0.2, 0.25) is 0 Å². The van der Waals surface area contributed by atoms with Gasteiger partial charge in [-0.05, 0) is 47.4 Å². The smallest absolute Gasteiger partial charge is 0.331 e. The zero-order chi connectivity index (χ0) is 19.1. The number of aliphatic carboxylic acids is 1. The van der Waals surface area contributed by atoms with E-state index >= 15 is 0 Å². The Morgan fingerprint density at radius 1 is 1.22 bits per heavy atom. The van der Waals surface area contributed by atoms with Crippen LogP contribution in [0.3, 0.4) is 0 Å². The van der Waals surface area contributed by atoms with Crippen LogP contribution in [0.1, 0.15) is 12.0 Å². The molecule has 0 spiro atoms. The van der Waals surface area contributed by atoms with E-state index in [1.54, 1.807) is 11.3 Å². The number of thiophene rings is 1. The van der Waals surface area contributed by atoms with Crippen LogP contribution in [-0.2, 0) is 25.5 Å². The van der Waals surface area contributed by atoms with Crippen LogP contribution in [-0.4, -0.2) is 55.8 Å². The summed E-state index contributed by atoms with van der Waals surface area (Å²) in [6.45, 7) is 3.65. The van der Waals surface area contributed by atoms with Crippen molar-refractivity contribution >= 4 is 33.4 Å². The second kappa shape index (κ2) is 9.64. The number of esters is 1. The third-order valence-corrected chi connectivity index (χ3v) is 5.27. The van der Waals surface area contributed by atoms with Gasteiger partial charge in [-0.25, -0.2) is 4.79 Å². The molecule has 0 bridgehead atoms. The number of carbonyl (C=O) groups is 2. The third kappa shape index (κ3) is 6.16. The van der Waals surface area contributed by atoms with E-state index in [9.17, 15) is 14.7 Å². The summed E-state index contributed by atoms with van der Waals surface area (Å²) in [7, 11) is 0. The zero-order valence-corrected chi connectivity index (χ0v) is 15.8. The molecule has 0 N–H and O–H groups in total. The van der Waals surface area contributed by atoms with Crippen LogP contribution in [0.4, 0.5) is 0 Å². The molecular weight excluding hydrogens is 366 g/mol. The Morgan fingerprint density at radius 3 is 2.89 bits per heavy atom. The molecule has 1 aliphatic heterocycles. The molecule has 1 saturated heterocycles. The molecule has 1 aromatic heterocycles. The highest BCUT2D eigenvalue weighted by atomic mass is 32.1.